The van der Waals surface area contributed by atoms with Gasteiger partial charge in [0.25, 0.3) is 5.91 Å². The Hall–Kier alpha value is -3.34. The van der Waals surface area contributed by atoms with Crippen LogP contribution in [-0.4, -0.2) is 18.0 Å². The predicted octanol–water partition coefficient (Wildman–Crippen LogP) is 4.16. The second-order valence-electron chi connectivity index (χ2n) is 6.11. The molecular weight excluding hydrogens is 340 g/mol. The Morgan fingerprint density at radius 3 is 2.56 bits per heavy atom. The van der Waals surface area contributed by atoms with Crippen LogP contribution in [0.2, 0.25) is 0 Å². The number of benzene rings is 2. The first kappa shape index (κ1) is 18.5. The maximum atomic E-state index is 12.5. The van der Waals surface area contributed by atoms with Crippen molar-refractivity contribution in [1.82, 2.24) is 10.3 Å². The highest BCUT2D eigenvalue weighted by Crippen LogP contribution is 2.21. The van der Waals surface area contributed by atoms with E-state index >= 15 is 0 Å². The van der Waals surface area contributed by atoms with E-state index in [0.717, 1.165) is 16.9 Å². The minimum Gasteiger partial charge on any atom is -0.496 e. The molecule has 1 atom stereocenters. The number of methoxy groups -OCH3 is 1. The summed E-state index contributed by atoms with van der Waals surface area (Å²) < 4.78 is 11.0. The van der Waals surface area contributed by atoms with E-state index in [2.05, 4.69) is 10.3 Å². The molecule has 0 saturated heterocycles. The second-order valence-corrected chi connectivity index (χ2v) is 6.11. The molecule has 3 rings (SSSR count). The number of para-hydroxylation sites is 1. The highest BCUT2D eigenvalue weighted by molar-refractivity contribution is 5.97. The first-order valence-electron chi connectivity index (χ1n) is 8.73. The number of hydrogen-bond donors (Lipinski definition) is 1. The fourth-order valence-electron chi connectivity index (χ4n) is 2.69. The van der Waals surface area contributed by atoms with Gasteiger partial charge in [-0.15, -0.1) is 0 Å². The van der Waals surface area contributed by atoms with Gasteiger partial charge >= 0.3 is 0 Å². The smallest absolute Gasteiger partial charge is 0.255 e. The fourth-order valence-corrected chi connectivity index (χ4v) is 2.69. The summed E-state index contributed by atoms with van der Waals surface area (Å²) in [5, 5.41) is 3.00. The molecule has 2 aromatic carbocycles. The number of ether oxygens (including phenoxy) is 2. The zero-order valence-electron chi connectivity index (χ0n) is 15.4. The van der Waals surface area contributed by atoms with Crippen molar-refractivity contribution < 1.29 is 14.3 Å². The van der Waals surface area contributed by atoms with E-state index in [-0.39, 0.29) is 11.9 Å². The Morgan fingerprint density at radius 1 is 1.07 bits per heavy atom. The van der Waals surface area contributed by atoms with Gasteiger partial charge < -0.3 is 14.8 Å². The lowest BCUT2D eigenvalue weighted by atomic mass is 10.1. The molecule has 1 aromatic heterocycles. The summed E-state index contributed by atoms with van der Waals surface area (Å²) in [4.78, 5) is 16.6. The second kappa shape index (κ2) is 8.85. The van der Waals surface area contributed by atoms with Gasteiger partial charge in [-0.05, 0) is 42.8 Å². The molecule has 0 aliphatic heterocycles. The molecule has 0 saturated carbocycles. The van der Waals surface area contributed by atoms with E-state index in [4.69, 9.17) is 9.47 Å². The molecule has 1 amide bonds. The summed E-state index contributed by atoms with van der Waals surface area (Å²) in [5.74, 6) is 1.16. The summed E-state index contributed by atoms with van der Waals surface area (Å²) in [6.07, 6.45) is 3.52. The standard InChI is InChI=1S/C22H22N2O3/c1-16(24-22(25)20-7-3-4-8-21(20)26-2)18-9-11-19(12-10-18)27-15-17-6-5-13-23-14-17/h3-14,16H,15H2,1-2H3,(H,24,25)/t16-/m1/s1. The highest BCUT2D eigenvalue weighted by atomic mass is 16.5. The molecule has 0 spiro atoms. The number of carbonyl (C=O) groups excluding carboxylic acids is 1. The van der Waals surface area contributed by atoms with Crippen molar-refractivity contribution in [2.24, 2.45) is 0 Å². The van der Waals surface area contributed by atoms with Crippen molar-refractivity contribution in [1.29, 1.82) is 0 Å². The number of carbonyl (C=O) groups is 1. The van der Waals surface area contributed by atoms with Crippen LogP contribution in [0.4, 0.5) is 0 Å². The van der Waals surface area contributed by atoms with Crippen molar-refractivity contribution in [3.63, 3.8) is 0 Å². The zero-order chi connectivity index (χ0) is 19.1. The van der Waals surface area contributed by atoms with Crippen LogP contribution in [0.5, 0.6) is 11.5 Å². The molecule has 0 fully saturated rings. The van der Waals surface area contributed by atoms with Crippen molar-refractivity contribution >= 4 is 5.91 Å². The maximum absolute atomic E-state index is 12.5. The van der Waals surface area contributed by atoms with Crippen molar-refractivity contribution in [2.45, 2.75) is 19.6 Å². The van der Waals surface area contributed by atoms with E-state index < -0.39 is 0 Å². The van der Waals surface area contributed by atoms with Gasteiger partial charge in [0, 0.05) is 18.0 Å². The van der Waals surface area contributed by atoms with Gasteiger partial charge in [-0.2, -0.15) is 0 Å². The van der Waals surface area contributed by atoms with E-state index in [0.29, 0.717) is 17.9 Å². The SMILES string of the molecule is COc1ccccc1C(=O)N[C@H](C)c1ccc(OCc2cccnc2)cc1. The lowest BCUT2D eigenvalue weighted by Gasteiger charge is -2.16. The minimum absolute atomic E-state index is 0.144. The summed E-state index contributed by atoms with van der Waals surface area (Å²) >= 11 is 0. The van der Waals surface area contributed by atoms with Crippen LogP contribution in [0.3, 0.4) is 0 Å². The Labute approximate surface area is 159 Å². The molecule has 0 bridgehead atoms. The number of rotatable bonds is 7. The number of pyridine rings is 1. The molecule has 0 unspecified atom stereocenters. The van der Waals surface area contributed by atoms with Gasteiger partial charge in [0.2, 0.25) is 0 Å². The monoisotopic (exact) mass is 362 g/mol. The van der Waals surface area contributed by atoms with Crippen LogP contribution in [0, 0.1) is 0 Å². The fraction of sp³-hybridized carbons (Fsp3) is 0.182. The third-order valence-electron chi connectivity index (χ3n) is 4.21. The first-order chi connectivity index (χ1) is 13.2. The van der Waals surface area contributed by atoms with E-state index in [9.17, 15) is 4.79 Å². The molecule has 3 aromatic rings. The molecule has 0 radical (unpaired) electrons. The van der Waals surface area contributed by atoms with Crippen molar-refractivity contribution in [2.75, 3.05) is 7.11 Å². The topological polar surface area (TPSA) is 60.5 Å². The Kier molecular flexibility index (Phi) is 6.05. The number of amides is 1. The van der Waals surface area contributed by atoms with E-state index in [1.165, 1.54) is 0 Å². The summed E-state index contributed by atoms with van der Waals surface area (Å²) in [6.45, 7) is 2.41. The molecule has 0 aliphatic rings. The molecule has 1 N–H and O–H groups in total. The lowest BCUT2D eigenvalue weighted by Crippen LogP contribution is -2.27. The van der Waals surface area contributed by atoms with Crippen LogP contribution in [0.15, 0.2) is 73.1 Å². The van der Waals surface area contributed by atoms with Crippen LogP contribution >= 0.6 is 0 Å². The number of nitrogens with one attached hydrogen (secondary N) is 1. The average molecular weight is 362 g/mol. The number of hydrogen-bond acceptors (Lipinski definition) is 4. The van der Waals surface area contributed by atoms with Crippen molar-refractivity contribution in [3.05, 3.63) is 89.7 Å². The third kappa shape index (κ3) is 4.85. The van der Waals surface area contributed by atoms with Gasteiger partial charge in [-0.1, -0.05) is 30.3 Å². The minimum atomic E-state index is -0.170. The molecule has 27 heavy (non-hydrogen) atoms. The molecule has 0 aliphatic carbocycles. The van der Waals surface area contributed by atoms with Crippen LogP contribution < -0.4 is 14.8 Å². The average Bonchev–Trinajstić information content (AvgIpc) is 2.73. The molecule has 1 heterocycles. The number of nitrogens with zero attached hydrogens (tertiary/aromatic N) is 1. The summed E-state index contributed by atoms with van der Waals surface area (Å²) in [5.41, 5.74) is 2.52. The molecular formula is C22H22N2O3. The summed E-state index contributed by atoms with van der Waals surface area (Å²) in [7, 11) is 1.56. The van der Waals surface area contributed by atoms with Gasteiger partial charge in [0.15, 0.2) is 0 Å². The van der Waals surface area contributed by atoms with Gasteiger partial charge in [-0.3, -0.25) is 9.78 Å². The first-order valence-corrected chi connectivity index (χ1v) is 8.73. The van der Waals surface area contributed by atoms with Crippen LogP contribution in [0.1, 0.15) is 34.5 Å². The van der Waals surface area contributed by atoms with Gasteiger partial charge in [0.1, 0.15) is 18.1 Å². The predicted molar refractivity (Wildman–Crippen MR) is 104 cm³/mol. The van der Waals surface area contributed by atoms with E-state index in [1.807, 2.05) is 55.5 Å². The van der Waals surface area contributed by atoms with E-state index in [1.54, 1.807) is 31.6 Å². The quantitative estimate of drug-likeness (QED) is 0.686. The van der Waals surface area contributed by atoms with Crippen LogP contribution in [-0.2, 0) is 6.61 Å². The van der Waals surface area contributed by atoms with Gasteiger partial charge in [-0.25, -0.2) is 0 Å². The van der Waals surface area contributed by atoms with Crippen LogP contribution in [0.25, 0.3) is 0 Å². The molecule has 5 heteroatoms. The Bertz CT molecular complexity index is 880. The van der Waals surface area contributed by atoms with Crippen molar-refractivity contribution in [3.8, 4) is 11.5 Å². The molecule has 138 valence electrons. The van der Waals surface area contributed by atoms with Gasteiger partial charge in [0.05, 0.1) is 18.7 Å². The molecule has 5 nitrogen and oxygen atoms in total. The maximum Gasteiger partial charge on any atom is 0.255 e. The highest BCUT2D eigenvalue weighted by Gasteiger charge is 2.15. The Balaban J connectivity index is 1.60. The normalized spacial score (nSPS) is 11.5. The lowest BCUT2D eigenvalue weighted by molar-refractivity contribution is 0.0937. The largest absolute Gasteiger partial charge is 0.496 e. The summed E-state index contributed by atoms with van der Waals surface area (Å²) in [6, 6.07) is 18.6. The zero-order valence-corrected chi connectivity index (χ0v) is 15.4. The number of aromatic nitrogens is 1. The Morgan fingerprint density at radius 2 is 1.85 bits per heavy atom. The third-order valence-corrected chi connectivity index (χ3v) is 4.21.